The molecule has 0 aromatic rings. The molecule has 8 atom stereocenters. The SMILES string of the molecule is CCC1(C)CC(OC(=O)C=CC(=O)OC2CC(C)(CC)NC(C)(CC)C2C)C(C)C(C)(CC)N1. The van der Waals surface area contributed by atoms with E-state index in [9.17, 15) is 9.59 Å². The van der Waals surface area contributed by atoms with Gasteiger partial charge in [-0.15, -0.1) is 0 Å². The van der Waals surface area contributed by atoms with Gasteiger partial charge in [0.05, 0.1) is 0 Å². The molecule has 34 heavy (non-hydrogen) atoms. The summed E-state index contributed by atoms with van der Waals surface area (Å²) in [6, 6.07) is 0. The summed E-state index contributed by atoms with van der Waals surface area (Å²) in [5, 5.41) is 7.59. The van der Waals surface area contributed by atoms with Crippen molar-refractivity contribution in [3.8, 4) is 0 Å². The third-order valence-corrected chi connectivity index (χ3v) is 9.52. The van der Waals surface area contributed by atoms with E-state index in [0.717, 1.165) is 38.5 Å². The fourth-order valence-corrected chi connectivity index (χ4v) is 5.86. The Bertz CT molecular complexity index is 708. The topological polar surface area (TPSA) is 76.7 Å². The highest BCUT2D eigenvalue weighted by molar-refractivity contribution is 5.91. The van der Waals surface area contributed by atoms with Crippen LogP contribution in [0.1, 0.15) is 108 Å². The molecule has 0 spiro atoms. The quantitative estimate of drug-likeness (QED) is 0.364. The average Bonchev–Trinajstić information content (AvgIpc) is 2.79. The Balaban J connectivity index is 2.05. The standard InChI is InChI=1S/C28H50N2O4/c1-11-25(7)17-21(19(5)27(9,13-3)29-25)33-23(31)15-16-24(32)34-22-18-26(8,12-2)30-28(10,14-4)20(22)6/h15-16,19-22,29-30H,11-14,17-18H2,1-10H3. The third kappa shape index (κ3) is 6.23. The third-order valence-electron chi connectivity index (χ3n) is 9.52. The second-order valence-corrected chi connectivity index (χ2v) is 11.9. The Hall–Kier alpha value is -1.40. The van der Waals surface area contributed by atoms with Crippen LogP contribution >= 0.6 is 0 Å². The van der Waals surface area contributed by atoms with E-state index in [1.807, 2.05) is 0 Å². The van der Waals surface area contributed by atoms with Crippen LogP contribution < -0.4 is 10.6 Å². The second kappa shape index (κ2) is 10.7. The Morgan fingerprint density at radius 2 is 1.03 bits per heavy atom. The van der Waals surface area contributed by atoms with Gasteiger partial charge in [0, 0.05) is 59.0 Å². The van der Waals surface area contributed by atoms with Crippen LogP contribution in [-0.4, -0.2) is 46.3 Å². The predicted molar refractivity (Wildman–Crippen MR) is 138 cm³/mol. The van der Waals surface area contributed by atoms with Crippen LogP contribution in [0.25, 0.3) is 0 Å². The summed E-state index contributed by atoms with van der Waals surface area (Å²) in [5.74, 6) is -0.642. The van der Waals surface area contributed by atoms with Gasteiger partial charge in [0.25, 0.3) is 0 Å². The summed E-state index contributed by atoms with van der Waals surface area (Å²) in [4.78, 5) is 25.3. The highest BCUT2D eigenvalue weighted by Crippen LogP contribution is 2.40. The Labute approximate surface area is 208 Å². The highest BCUT2D eigenvalue weighted by atomic mass is 16.5. The Kier molecular flexibility index (Phi) is 9.07. The maximum atomic E-state index is 12.7. The molecule has 2 fully saturated rings. The summed E-state index contributed by atoms with van der Waals surface area (Å²) in [7, 11) is 0. The number of rotatable bonds is 8. The molecule has 0 saturated carbocycles. The molecule has 196 valence electrons. The molecule has 2 rings (SSSR count). The minimum atomic E-state index is -0.484. The lowest BCUT2D eigenvalue weighted by Crippen LogP contribution is -2.66. The zero-order valence-electron chi connectivity index (χ0n) is 23.3. The summed E-state index contributed by atoms with van der Waals surface area (Å²) < 4.78 is 11.8. The van der Waals surface area contributed by atoms with Crippen LogP contribution in [0.5, 0.6) is 0 Å². The molecular weight excluding hydrogens is 428 g/mol. The van der Waals surface area contributed by atoms with Crippen molar-refractivity contribution in [2.45, 2.75) is 142 Å². The molecule has 0 radical (unpaired) electrons. The maximum absolute atomic E-state index is 12.7. The first-order valence-electron chi connectivity index (χ1n) is 13.4. The fraction of sp³-hybridized carbons (Fsp3) is 0.857. The summed E-state index contributed by atoms with van der Waals surface area (Å²) in [6.07, 6.45) is 7.35. The molecule has 8 unspecified atom stereocenters. The molecule has 2 aliphatic heterocycles. The molecule has 2 heterocycles. The van der Waals surface area contributed by atoms with Crippen LogP contribution in [-0.2, 0) is 19.1 Å². The molecule has 0 aromatic heterocycles. The molecule has 0 amide bonds. The van der Waals surface area contributed by atoms with Crippen LogP contribution in [0, 0.1) is 11.8 Å². The van der Waals surface area contributed by atoms with Crippen LogP contribution in [0.2, 0.25) is 0 Å². The van der Waals surface area contributed by atoms with Crippen LogP contribution in [0.3, 0.4) is 0 Å². The van der Waals surface area contributed by atoms with E-state index >= 15 is 0 Å². The largest absolute Gasteiger partial charge is 0.459 e. The van der Waals surface area contributed by atoms with Gasteiger partial charge >= 0.3 is 11.9 Å². The van der Waals surface area contributed by atoms with Crippen molar-refractivity contribution in [1.82, 2.24) is 10.6 Å². The minimum Gasteiger partial charge on any atom is -0.459 e. The Morgan fingerprint density at radius 1 is 0.706 bits per heavy atom. The molecule has 2 aliphatic rings. The summed E-state index contributed by atoms with van der Waals surface area (Å²) in [5.41, 5.74) is -0.402. The number of carbonyl (C=O) groups excluding carboxylic acids is 2. The lowest BCUT2D eigenvalue weighted by molar-refractivity contribution is -0.155. The number of carbonyl (C=O) groups is 2. The number of esters is 2. The molecule has 0 aliphatic carbocycles. The second-order valence-electron chi connectivity index (χ2n) is 11.9. The minimum absolute atomic E-state index is 0.0894. The van der Waals surface area contributed by atoms with E-state index in [1.165, 1.54) is 12.2 Å². The van der Waals surface area contributed by atoms with Gasteiger partial charge in [-0.1, -0.05) is 41.5 Å². The molecule has 6 heteroatoms. The van der Waals surface area contributed by atoms with Crippen molar-refractivity contribution >= 4 is 11.9 Å². The van der Waals surface area contributed by atoms with Gasteiger partial charge in [-0.25, -0.2) is 9.59 Å². The maximum Gasteiger partial charge on any atom is 0.331 e. The van der Waals surface area contributed by atoms with E-state index in [-0.39, 0.29) is 46.2 Å². The van der Waals surface area contributed by atoms with Crippen molar-refractivity contribution in [3.63, 3.8) is 0 Å². The number of ether oxygens (including phenoxy) is 2. The van der Waals surface area contributed by atoms with E-state index < -0.39 is 11.9 Å². The van der Waals surface area contributed by atoms with Gasteiger partial charge in [-0.05, 0) is 53.4 Å². The number of hydrogen-bond acceptors (Lipinski definition) is 6. The first-order valence-corrected chi connectivity index (χ1v) is 13.4. The smallest absolute Gasteiger partial charge is 0.331 e. The predicted octanol–water partition coefficient (Wildman–Crippen LogP) is 5.30. The van der Waals surface area contributed by atoms with Gasteiger partial charge in [-0.3, -0.25) is 0 Å². The average molecular weight is 479 g/mol. The lowest BCUT2D eigenvalue weighted by atomic mass is 9.70. The molecule has 0 bridgehead atoms. The fourth-order valence-electron chi connectivity index (χ4n) is 5.86. The van der Waals surface area contributed by atoms with Crippen molar-refractivity contribution in [2.75, 3.05) is 0 Å². The van der Waals surface area contributed by atoms with E-state index in [2.05, 4.69) is 79.9 Å². The van der Waals surface area contributed by atoms with Crippen molar-refractivity contribution in [1.29, 1.82) is 0 Å². The van der Waals surface area contributed by atoms with Crippen LogP contribution in [0.4, 0.5) is 0 Å². The number of nitrogens with one attached hydrogen (secondary N) is 2. The van der Waals surface area contributed by atoms with Gasteiger partial charge in [0.1, 0.15) is 12.2 Å². The molecular formula is C28H50N2O4. The molecule has 0 aromatic carbocycles. The zero-order chi connectivity index (χ0) is 25.9. The van der Waals surface area contributed by atoms with E-state index in [0.29, 0.717) is 0 Å². The van der Waals surface area contributed by atoms with Gasteiger partial charge < -0.3 is 20.1 Å². The number of piperidine rings is 2. The lowest BCUT2D eigenvalue weighted by Gasteiger charge is -2.52. The van der Waals surface area contributed by atoms with E-state index in [1.54, 1.807) is 0 Å². The van der Waals surface area contributed by atoms with Crippen molar-refractivity contribution in [2.24, 2.45) is 11.8 Å². The zero-order valence-corrected chi connectivity index (χ0v) is 23.3. The summed E-state index contributed by atoms with van der Waals surface area (Å²) in [6.45, 7) is 21.7. The molecule has 2 saturated heterocycles. The first-order chi connectivity index (χ1) is 15.7. The van der Waals surface area contributed by atoms with Gasteiger partial charge in [-0.2, -0.15) is 0 Å². The number of hydrogen-bond donors (Lipinski definition) is 2. The van der Waals surface area contributed by atoms with Crippen molar-refractivity contribution < 1.29 is 19.1 Å². The molecule has 6 nitrogen and oxygen atoms in total. The molecule has 2 N–H and O–H groups in total. The first kappa shape index (κ1) is 28.8. The summed E-state index contributed by atoms with van der Waals surface area (Å²) >= 11 is 0. The van der Waals surface area contributed by atoms with Crippen LogP contribution in [0.15, 0.2) is 12.2 Å². The van der Waals surface area contributed by atoms with Gasteiger partial charge in [0.2, 0.25) is 0 Å². The van der Waals surface area contributed by atoms with Crippen molar-refractivity contribution in [3.05, 3.63) is 12.2 Å². The monoisotopic (exact) mass is 478 g/mol. The van der Waals surface area contributed by atoms with Gasteiger partial charge in [0.15, 0.2) is 0 Å². The normalized spacial score (nSPS) is 43.0. The van der Waals surface area contributed by atoms with E-state index in [4.69, 9.17) is 9.47 Å². The Morgan fingerprint density at radius 3 is 1.29 bits per heavy atom. The highest BCUT2D eigenvalue weighted by Gasteiger charge is 2.49.